The van der Waals surface area contributed by atoms with Gasteiger partial charge in [-0.25, -0.2) is 0 Å². The van der Waals surface area contributed by atoms with Crippen LogP contribution in [0.5, 0.6) is 0 Å². The highest BCUT2D eigenvalue weighted by atomic mass is 16.4. The Bertz CT molecular complexity index is 287. The van der Waals surface area contributed by atoms with Crippen LogP contribution in [0.1, 0.15) is 12.8 Å². The molecule has 0 spiro atoms. The average molecular weight is 194 g/mol. The van der Waals surface area contributed by atoms with Crippen LogP contribution >= 0.6 is 0 Å². The van der Waals surface area contributed by atoms with E-state index in [0.29, 0.717) is 6.42 Å². The van der Waals surface area contributed by atoms with Crippen LogP contribution in [0.3, 0.4) is 0 Å². The van der Waals surface area contributed by atoms with Crippen LogP contribution in [0.15, 0.2) is 24.5 Å². The molecule has 0 aliphatic rings. The highest BCUT2D eigenvalue weighted by Gasteiger charge is 2.01. The second-order valence-corrected chi connectivity index (χ2v) is 3.13. The minimum Gasteiger partial charge on any atom is -0.481 e. The van der Waals surface area contributed by atoms with E-state index < -0.39 is 5.97 Å². The maximum Gasteiger partial charge on any atom is 0.303 e. The molecule has 1 aromatic heterocycles. The summed E-state index contributed by atoms with van der Waals surface area (Å²) < 4.78 is 0. The summed E-state index contributed by atoms with van der Waals surface area (Å²) in [4.78, 5) is 16.3. The summed E-state index contributed by atoms with van der Waals surface area (Å²) in [6.07, 6.45) is 4.35. The smallest absolute Gasteiger partial charge is 0.303 e. The van der Waals surface area contributed by atoms with Crippen LogP contribution in [0.4, 0.5) is 5.69 Å². The maximum absolute atomic E-state index is 10.3. The van der Waals surface area contributed by atoms with Crippen molar-refractivity contribution in [3.8, 4) is 0 Å². The standard InChI is InChI=1S/C10H14N2O2/c1-12(7-3-5-10(13)14)9-4-2-6-11-8-9/h2,4,6,8H,3,5,7H2,1H3,(H,13,14). The van der Waals surface area contributed by atoms with E-state index in [4.69, 9.17) is 5.11 Å². The Morgan fingerprint density at radius 1 is 1.64 bits per heavy atom. The average Bonchev–Trinajstić information content (AvgIpc) is 2.18. The number of anilines is 1. The number of rotatable bonds is 5. The first-order chi connectivity index (χ1) is 6.70. The van der Waals surface area contributed by atoms with Crippen LogP contribution in [-0.2, 0) is 4.79 Å². The molecule has 0 aliphatic heterocycles. The fourth-order valence-corrected chi connectivity index (χ4v) is 1.18. The summed E-state index contributed by atoms with van der Waals surface area (Å²) in [5.74, 6) is -0.746. The molecule has 76 valence electrons. The van der Waals surface area contributed by atoms with Crippen molar-refractivity contribution in [3.63, 3.8) is 0 Å². The van der Waals surface area contributed by atoms with Gasteiger partial charge in [0.05, 0.1) is 11.9 Å². The Morgan fingerprint density at radius 3 is 3.00 bits per heavy atom. The van der Waals surface area contributed by atoms with Crippen molar-refractivity contribution in [1.82, 2.24) is 4.98 Å². The first kappa shape index (κ1) is 10.5. The van der Waals surface area contributed by atoms with Gasteiger partial charge in [0.2, 0.25) is 0 Å². The number of pyridine rings is 1. The van der Waals surface area contributed by atoms with E-state index in [1.165, 1.54) is 0 Å². The zero-order valence-corrected chi connectivity index (χ0v) is 8.18. The third-order valence-corrected chi connectivity index (χ3v) is 1.97. The van der Waals surface area contributed by atoms with Gasteiger partial charge in [0.15, 0.2) is 0 Å². The molecule has 1 heterocycles. The molecular weight excluding hydrogens is 180 g/mol. The number of aliphatic carboxylic acids is 1. The number of carboxylic acids is 1. The molecular formula is C10H14N2O2. The summed E-state index contributed by atoms with van der Waals surface area (Å²) in [5.41, 5.74) is 1.01. The number of carbonyl (C=O) groups is 1. The van der Waals surface area contributed by atoms with Crippen molar-refractivity contribution in [1.29, 1.82) is 0 Å². The summed E-state index contributed by atoms with van der Waals surface area (Å²) in [7, 11) is 1.93. The zero-order chi connectivity index (χ0) is 10.4. The van der Waals surface area contributed by atoms with Crippen LogP contribution in [-0.4, -0.2) is 29.7 Å². The van der Waals surface area contributed by atoms with Gasteiger partial charge in [-0.2, -0.15) is 0 Å². The van der Waals surface area contributed by atoms with Gasteiger partial charge < -0.3 is 10.0 Å². The molecule has 1 rings (SSSR count). The number of carboxylic acid groups (broad SMARTS) is 1. The molecule has 0 aliphatic carbocycles. The Morgan fingerprint density at radius 2 is 2.43 bits per heavy atom. The van der Waals surface area contributed by atoms with Crippen LogP contribution in [0.2, 0.25) is 0 Å². The van der Waals surface area contributed by atoms with Gasteiger partial charge in [0.1, 0.15) is 0 Å². The predicted molar refractivity (Wildman–Crippen MR) is 54.4 cm³/mol. The number of hydrogen-bond donors (Lipinski definition) is 1. The van der Waals surface area contributed by atoms with E-state index in [1.54, 1.807) is 12.4 Å². The molecule has 0 atom stereocenters. The van der Waals surface area contributed by atoms with Gasteiger partial charge >= 0.3 is 5.97 Å². The van der Waals surface area contributed by atoms with Gasteiger partial charge in [-0.3, -0.25) is 9.78 Å². The van der Waals surface area contributed by atoms with Gasteiger partial charge in [-0.1, -0.05) is 0 Å². The summed E-state index contributed by atoms with van der Waals surface area (Å²) in [6.45, 7) is 0.734. The minimum absolute atomic E-state index is 0.213. The zero-order valence-electron chi connectivity index (χ0n) is 8.18. The molecule has 0 bridgehead atoms. The molecule has 1 aromatic rings. The molecule has 4 heteroatoms. The van der Waals surface area contributed by atoms with Gasteiger partial charge in [0, 0.05) is 26.2 Å². The third kappa shape index (κ3) is 3.43. The minimum atomic E-state index is -0.746. The van der Waals surface area contributed by atoms with Crippen LogP contribution in [0.25, 0.3) is 0 Å². The maximum atomic E-state index is 10.3. The van der Waals surface area contributed by atoms with Gasteiger partial charge in [0.25, 0.3) is 0 Å². The van der Waals surface area contributed by atoms with E-state index in [0.717, 1.165) is 12.2 Å². The highest BCUT2D eigenvalue weighted by molar-refractivity contribution is 5.66. The third-order valence-electron chi connectivity index (χ3n) is 1.97. The molecule has 14 heavy (non-hydrogen) atoms. The molecule has 4 nitrogen and oxygen atoms in total. The Labute approximate surface area is 83.2 Å². The lowest BCUT2D eigenvalue weighted by Gasteiger charge is -2.17. The fourth-order valence-electron chi connectivity index (χ4n) is 1.18. The van der Waals surface area contributed by atoms with Crippen molar-refractivity contribution in [2.75, 3.05) is 18.5 Å². The summed E-state index contributed by atoms with van der Waals surface area (Å²) >= 11 is 0. The van der Waals surface area contributed by atoms with Gasteiger partial charge in [-0.15, -0.1) is 0 Å². The number of hydrogen-bond acceptors (Lipinski definition) is 3. The number of aromatic nitrogens is 1. The van der Waals surface area contributed by atoms with E-state index in [-0.39, 0.29) is 6.42 Å². The molecule has 0 unspecified atom stereocenters. The predicted octanol–water partition coefficient (Wildman–Crippen LogP) is 1.38. The fraction of sp³-hybridized carbons (Fsp3) is 0.400. The first-order valence-electron chi connectivity index (χ1n) is 4.53. The van der Waals surface area contributed by atoms with Crippen molar-refractivity contribution in [2.45, 2.75) is 12.8 Å². The molecule has 0 aromatic carbocycles. The first-order valence-corrected chi connectivity index (χ1v) is 4.53. The second kappa shape index (κ2) is 5.21. The molecule has 0 amide bonds. The van der Waals surface area contributed by atoms with E-state index >= 15 is 0 Å². The largest absolute Gasteiger partial charge is 0.481 e. The highest BCUT2D eigenvalue weighted by Crippen LogP contribution is 2.09. The topological polar surface area (TPSA) is 53.4 Å². The molecule has 0 fully saturated rings. The normalized spacial score (nSPS) is 9.79. The Balaban J connectivity index is 2.36. The quantitative estimate of drug-likeness (QED) is 0.769. The SMILES string of the molecule is CN(CCCC(=O)O)c1cccnc1. The van der Waals surface area contributed by atoms with E-state index in [2.05, 4.69) is 4.98 Å². The summed E-state index contributed by atoms with van der Waals surface area (Å²) in [5, 5.41) is 8.47. The van der Waals surface area contributed by atoms with Crippen molar-refractivity contribution >= 4 is 11.7 Å². The van der Waals surface area contributed by atoms with E-state index in [9.17, 15) is 4.79 Å². The lowest BCUT2D eigenvalue weighted by Crippen LogP contribution is -2.19. The Hall–Kier alpha value is -1.58. The second-order valence-electron chi connectivity index (χ2n) is 3.13. The van der Waals surface area contributed by atoms with Gasteiger partial charge in [-0.05, 0) is 18.6 Å². The number of nitrogens with zero attached hydrogens (tertiary/aromatic N) is 2. The molecule has 1 N–H and O–H groups in total. The van der Waals surface area contributed by atoms with E-state index in [1.807, 2.05) is 24.1 Å². The van der Waals surface area contributed by atoms with Crippen LogP contribution < -0.4 is 4.90 Å². The molecule has 0 radical (unpaired) electrons. The van der Waals surface area contributed by atoms with Crippen molar-refractivity contribution < 1.29 is 9.90 Å². The Kier molecular flexibility index (Phi) is 3.91. The van der Waals surface area contributed by atoms with Crippen molar-refractivity contribution in [3.05, 3.63) is 24.5 Å². The van der Waals surface area contributed by atoms with Crippen molar-refractivity contribution in [2.24, 2.45) is 0 Å². The lowest BCUT2D eigenvalue weighted by atomic mass is 10.3. The molecule has 0 saturated heterocycles. The summed E-state index contributed by atoms with van der Waals surface area (Å²) in [6, 6.07) is 3.82. The van der Waals surface area contributed by atoms with Crippen LogP contribution in [0, 0.1) is 0 Å². The molecule has 0 saturated carbocycles. The monoisotopic (exact) mass is 194 g/mol. The lowest BCUT2D eigenvalue weighted by molar-refractivity contribution is -0.137.